The first-order valence-corrected chi connectivity index (χ1v) is 9.40. The number of hydrogen-bond acceptors (Lipinski definition) is 4. The number of rotatable bonds is 4. The van der Waals surface area contributed by atoms with Crippen LogP contribution in [0.1, 0.15) is 23.2 Å². The van der Waals surface area contributed by atoms with Gasteiger partial charge in [-0.15, -0.1) is 23.1 Å². The summed E-state index contributed by atoms with van der Waals surface area (Å²) in [4.78, 5) is 26.4. The van der Waals surface area contributed by atoms with Gasteiger partial charge in [0.2, 0.25) is 5.91 Å². The Morgan fingerprint density at radius 1 is 1.38 bits per heavy atom. The van der Waals surface area contributed by atoms with Crippen molar-refractivity contribution in [3.63, 3.8) is 0 Å². The predicted octanol–water partition coefficient (Wildman–Crippen LogP) is 3.10. The van der Waals surface area contributed by atoms with Crippen LogP contribution in [0.15, 0.2) is 6.07 Å². The van der Waals surface area contributed by atoms with E-state index in [1.54, 1.807) is 22.7 Å². The number of nitrogens with one attached hydrogen (secondary N) is 1. The summed E-state index contributed by atoms with van der Waals surface area (Å²) < 4.78 is 0.851. The normalized spacial score (nSPS) is 21.6. The van der Waals surface area contributed by atoms with Crippen LogP contribution in [0, 0.1) is 5.92 Å². The fraction of sp³-hybridized carbons (Fsp3) is 0.538. The zero-order chi connectivity index (χ0) is 15.0. The summed E-state index contributed by atoms with van der Waals surface area (Å²) in [6.07, 6.45) is 2.37. The second-order valence-electron chi connectivity index (χ2n) is 5.22. The summed E-state index contributed by atoms with van der Waals surface area (Å²) in [5, 5.41) is 2.94. The lowest BCUT2D eigenvalue weighted by Crippen LogP contribution is -2.47. The minimum atomic E-state index is -0.420. The molecule has 2 aliphatic rings. The maximum absolute atomic E-state index is 12.5. The average molecular weight is 365 g/mol. The van der Waals surface area contributed by atoms with E-state index in [9.17, 15) is 9.59 Å². The molecule has 1 aliphatic heterocycles. The van der Waals surface area contributed by atoms with E-state index in [4.69, 9.17) is 23.2 Å². The second kappa shape index (κ2) is 6.36. The van der Waals surface area contributed by atoms with E-state index in [-0.39, 0.29) is 11.8 Å². The summed E-state index contributed by atoms with van der Waals surface area (Å²) in [5.41, 5.74) is 0.383. The van der Waals surface area contributed by atoms with Gasteiger partial charge in [-0.2, -0.15) is 0 Å². The van der Waals surface area contributed by atoms with E-state index in [0.29, 0.717) is 38.3 Å². The van der Waals surface area contributed by atoms with Crippen LogP contribution in [0.3, 0.4) is 0 Å². The Hall–Kier alpha value is -0.430. The highest BCUT2D eigenvalue weighted by Gasteiger charge is 2.36. The number of thiophene rings is 1. The van der Waals surface area contributed by atoms with E-state index >= 15 is 0 Å². The predicted molar refractivity (Wildman–Crippen MR) is 87.4 cm³/mol. The highest BCUT2D eigenvalue weighted by molar-refractivity contribution is 7.99. The highest BCUT2D eigenvalue weighted by Crippen LogP contribution is 2.34. The van der Waals surface area contributed by atoms with Crippen molar-refractivity contribution >= 4 is 58.1 Å². The Balaban J connectivity index is 1.69. The minimum absolute atomic E-state index is 0.0716. The van der Waals surface area contributed by atoms with Crippen LogP contribution in [0.2, 0.25) is 8.67 Å². The molecule has 2 amide bonds. The molecule has 21 heavy (non-hydrogen) atoms. The van der Waals surface area contributed by atoms with Crippen LogP contribution >= 0.6 is 46.3 Å². The van der Waals surface area contributed by atoms with Crippen molar-refractivity contribution in [3.8, 4) is 0 Å². The van der Waals surface area contributed by atoms with E-state index in [1.165, 1.54) is 12.8 Å². The summed E-state index contributed by atoms with van der Waals surface area (Å²) in [5.74, 6) is 1.46. The number of thioether (sulfide) groups is 1. The molecule has 2 fully saturated rings. The van der Waals surface area contributed by atoms with Gasteiger partial charge in [-0.1, -0.05) is 23.2 Å². The van der Waals surface area contributed by atoms with Crippen molar-refractivity contribution in [1.29, 1.82) is 0 Å². The molecule has 4 nitrogen and oxygen atoms in total. The SMILES string of the molecule is O=C(NCC1CC1)[C@@H]1CSCN1C(=O)c1cc(Cl)sc1Cl. The van der Waals surface area contributed by atoms with E-state index in [0.717, 1.165) is 11.3 Å². The smallest absolute Gasteiger partial charge is 0.257 e. The van der Waals surface area contributed by atoms with E-state index < -0.39 is 6.04 Å². The Morgan fingerprint density at radius 2 is 2.14 bits per heavy atom. The Morgan fingerprint density at radius 3 is 2.76 bits per heavy atom. The third-order valence-electron chi connectivity index (χ3n) is 3.59. The van der Waals surface area contributed by atoms with Crippen molar-refractivity contribution < 1.29 is 9.59 Å². The molecular formula is C13H14Cl2N2O2S2. The molecule has 1 aromatic heterocycles. The number of nitrogens with zero attached hydrogens (tertiary/aromatic N) is 1. The molecule has 2 heterocycles. The Bertz CT molecular complexity index is 575. The average Bonchev–Trinajstić information content (AvgIpc) is 3.03. The van der Waals surface area contributed by atoms with Gasteiger partial charge in [0.1, 0.15) is 10.4 Å². The molecule has 8 heteroatoms. The van der Waals surface area contributed by atoms with Gasteiger partial charge in [0.15, 0.2) is 0 Å². The van der Waals surface area contributed by atoms with Crippen LogP contribution in [0.25, 0.3) is 0 Å². The molecule has 0 unspecified atom stereocenters. The molecule has 114 valence electrons. The lowest BCUT2D eigenvalue weighted by molar-refractivity contribution is -0.124. The molecule has 1 aromatic rings. The first kappa shape index (κ1) is 15.5. The zero-order valence-electron chi connectivity index (χ0n) is 11.1. The quantitative estimate of drug-likeness (QED) is 0.892. The summed E-state index contributed by atoms with van der Waals surface area (Å²) in [6, 6.07) is 1.15. The molecule has 1 N–H and O–H groups in total. The molecule has 3 rings (SSSR count). The maximum atomic E-state index is 12.5. The highest BCUT2D eigenvalue weighted by atomic mass is 35.5. The topological polar surface area (TPSA) is 49.4 Å². The summed E-state index contributed by atoms with van der Waals surface area (Å²) in [6.45, 7) is 0.715. The van der Waals surface area contributed by atoms with Gasteiger partial charge in [-0.3, -0.25) is 9.59 Å². The van der Waals surface area contributed by atoms with Crippen LogP contribution in [0.4, 0.5) is 0 Å². The van der Waals surface area contributed by atoms with Gasteiger partial charge in [0.05, 0.1) is 15.8 Å². The van der Waals surface area contributed by atoms with Crippen LogP contribution < -0.4 is 5.32 Å². The van der Waals surface area contributed by atoms with Crippen LogP contribution in [0.5, 0.6) is 0 Å². The first-order chi connectivity index (χ1) is 10.1. The monoisotopic (exact) mass is 364 g/mol. The van der Waals surface area contributed by atoms with E-state index in [2.05, 4.69) is 5.32 Å². The van der Waals surface area contributed by atoms with Gasteiger partial charge in [0, 0.05) is 12.3 Å². The summed E-state index contributed by atoms with van der Waals surface area (Å²) in [7, 11) is 0. The molecule has 0 spiro atoms. The molecule has 1 saturated heterocycles. The van der Waals surface area contributed by atoms with Crippen molar-refractivity contribution in [2.75, 3.05) is 18.2 Å². The van der Waals surface area contributed by atoms with Crippen molar-refractivity contribution in [1.82, 2.24) is 10.2 Å². The third-order valence-corrected chi connectivity index (χ3v) is 6.09. The Kier molecular flexibility index (Phi) is 4.69. The zero-order valence-corrected chi connectivity index (χ0v) is 14.2. The van der Waals surface area contributed by atoms with Crippen LogP contribution in [-0.4, -0.2) is 40.9 Å². The minimum Gasteiger partial charge on any atom is -0.354 e. The standard InChI is InChI=1S/C13H14Cl2N2O2S2/c14-10-3-8(11(15)21-10)13(19)17-6-20-5-9(17)12(18)16-4-7-1-2-7/h3,7,9H,1-2,4-6H2,(H,16,18)/t9-/m0/s1. The van der Waals surface area contributed by atoms with E-state index in [1.807, 2.05) is 0 Å². The van der Waals surface area contributed by atoms with Crippen LogP contribution in [-0.2, 0) is 4.79 Å². The lowest BCUT2D eigenvalue weighted by atomic mass is 10.2. The van der Waals surface area contributed by atoms with Crippen molar-refractivity contribution in [3.05, 3.63) is 20.3 Å². The van der Waals surface area contributed by atoms with Gasteiger partial charge in [0.25, 0.3) is 5.91 Å². The molecule has 1 saturated carbocycles. The van der Waals surface area contributed by atoms with Gasteiger partial charge in [-0.25, -0.2) is 0 Å². The number of carbonyl (C=O) groups excluding carboxylic acids is 2. The third kappa shape index (κ3) is 3.50. The van der Waals surface area contributed by atoms with Gasteiger partial charge in [-0.05, 0) is 24.8 Å². The van der Waals surface area contributed by atoms with Gasteiger partial charge >= 0.3 is 0 Å². The van der Waals surface area contributed by atoms with Crippen molar-refractivity contribution in [2.24, 2.45) is 5.92 Å². The molecule has 1 atom stereocenters. The lowest BCUT2D eigenvalue weighted by Gasteiger charge is -2.22. The molecule has 0 radical (unpaired) electrons. The first-order valence-electron chi connectivity index (χ1n) is 6.67. The number of amides is 2. The molecular weight excluding hydrogens is 351 g/mol. The molecule has 0 aromatic carbocycles. The summed E-state index contributed by atoms with van der Waals surface area (Å²) >= 11 is 14.7. The second-order valence-corrected chi connectivity index (χ2v) is 8.50. The molecule has 1 aliphatic carbocycles. The fourth-order valence-electron chi connectivity index (χ4n) is 2.19. The Labute approximate surface area is 141 Å². The number of halogens is 2. The molecule has 0 bridgehead atoms. The number of hydrogen-bond donors (Lipinski definition) is 1. The van der Waals surface area contributed by atoms with Crippen molar-refractivity contribution in [2.45, 2.75) is 18.9 Å². The maximum Gasteiger partial charge on any atom is 0.257 e. The fourth-order valence-corrected chi connectivity index (χ4v) is 4.79. The van der Waals surface area contributed by atoms with Gasteiger partial charge < -0.3 is 10.2 Å². The largest absolute Gasteiger partial charge is 0.354 e. The number of carbonyl (C=O) groups is 2.